The molecule has 2 aromatic rings. The molecule has 1 aromatic heterocycles. The molecule has 4 heteroatoms. The van der Waals surface area contributed by atoms with E-state index in [1.165, 1.54) is 6.20 Å². The third-order valence-corrected chi connectivity index (χ3v) is 2.74. The van der Waals surface area contributed by atoms with Crippen LogP contribution in [0.2, 0.25) is 5.15 Å². The number of hydrogen-bond acceptors (Lipinski definition) is 3. The largest absolute Gasteiger partial charge is 0.490 e. The number of benzene rings is 1. The Bertz CT molecular complexity index is 540. The van der Waals surface area contributed by atoms with Gasteiger partial charge in [0.1, 0.15) is 10.9 Å². The van der Waals surface area contributed by atoms with E-state index in [0.717, 1.165) is 29.8 Å². The normalized spacial score (nSPS) is 14.6. The van der Waals surface area contributed by atoms with Crippen molar-refractivity contribution in [1.29, 1.82) is 0 Å². The third-order valence-electron chi connectivity index (χ3n) is 2.56. The van der Waals surface area contributed by atoms with E-state index in [1.807, 2.05) is 24.3 Å². The fourth-order valence-corrected chi connectivity index (χ4v) is 1.74. The Hall–Kier alpha value is -1.61. The fraction of sp³-hybridized carbons (Fsp3) is 0.231. The molecule has 0 N–H and O–H groups in total. The van der Waals surface area contributed by atoms with Gasteiger partial charge < -0.3 is 4.74 Å². The Morgan fingerprint density at radius 2 is 2.12 bits per heavy atom. The highest BCUT2D eigenvalue weighted by Crippen LogP contribution is 2.29. The summed E-state index contributed by atoms with van der Waals surface area (Å²) in [5.41, 5.74) is 1.73. The average molecular weight is 247 g/mol. The van der Waals surface area contributed by atoms with Crippen molar-refractivity contribution >= 4 is 11.6 Å². The molecule has 1 aromatic carbocycles. The van der Waals surface area contributed by atoms with Crippen LogP contribution < -0.4 is 4.74 Å². The van der Waals surface area contributed by atoms with E-state index in [0.29, 0.717) is 11.3 Å². The lowest BCUT2D eigenvalue weighted by Crippen LogP contribution is -1.96. The van der Waals surface area contributed by atoms with Crippen molar-refractivity contribution in [2.24, 2.45) is 0 Å². The van der Waals surface area contributed by atoms with Gasteiger partial charge in [-0.05, 0) is 25.0 Å². The summed E-state index contributed by atoms with van der Waals surface area (Å²) in [5.74, 6) is 0.881. The Morgan fingerprint density at radius 3 is 2.88 bits per heavy atom. The summed E-state index contributed by atoms with van der Waals surface area (Å²) in [6, 6.07) is 7.86. The highest BCUT2D eigenvalue weighted by Gasteiger charge is 2.23. The third kappa shape index (κ3) is 2.56. The molecule has 0 unspecified atom stereocenters. The van der Waals surface area contributed by atoms with Crippen LogP contribution in [0.1, 0.15) is 12.8 Å². The quantitative estimate of drug-likeness (QED) is 0.833. The van der Waals surface area contributed by atoms with Crippen molar-refractivity contribution < 1.29 is 4.74 Å². The molecule has 3 rings (SSSR count). The smallest absolute Gasteiger partial charge is 0.148 e. The van der Waals surface area contributed by atoms with E-state index >= 15 is 0 Å². The van der Waals surface area contributed by atoms with Gasteiger partial charge in [-0.15, -0.1) is 0 Å². The molecule has 0 saturated heterocycles. The summed E-state index contributed by atoms with van der Waals surface area (Å²) in [6.07, 6.45) is 5.93. The maximum atomic E-state index is 5.82. The van der Waals surface area contributed by atoms with E-state index in [2.05, 4.69) is 9.97 Å². The van der Waals surface area contributed by atoms with Gasteiger partial charge in [-0.2, -0.15) is 0 Å². The second-order valence-electron chi connectivity index (χ2n) is 4.07. The van der Waals surface area contributed by atoms with Crippen LogP contribution in [-0.2, 0) is 0 Å². The van der Waals surface area contributed by atoms with Gasteiger partial charge in [0.2, 0.25) is 0 Å². The minimum absolute atomic E-state index is 0.399. The first-order valence-corrected chi connectivity index (χ1v) is 5.94. The molecule has 1 heterocycles. The van der Waals surface area contributed by atoms with Crippen molar-refractivity contribution in [3.05, 3.63) is 41.8 Å². The second-order valence-corrected chi connectivity index (χ2v) is 4.46. The lowest BCUT2D eigenvalue weighted by Gasteiger charge is -2.06. The summed E-state index contributed by atoms with van der Waals surface area (Å²) in [6.45, 7) is 0. The van der Waals surface area contributed by atoms with Gasteiger partial charge in [0.25, 0.3) is 0 Å². The molecule has 17 heavy (non-hydrogen) atoms. The zero-order valence-electron chi connectivity index (χ0n) is 9.14. The van der Waals surface area contributed by atoms with E-state index in [1.54, 1.807) is 6.20 Å². The molecule has 0 bridgehead atoms. The van der Waals surface area contributed by atoms with Gasteiger partial charge >= 0.3 is 0 Å². The second kappa shape index (κ2) is 4.34. The van der Waals surface area contributed by atoms with Crippen molar-refractivity contribution in [2.45, 2.75) is 18.9 Å². The molecule has 0 radical (unpaired) electrons. The minimum Gasteiger partial charge on any atom is -0.490 e. The molecule has 1 saturated carbocycles. The van der Waals surface area contributed by atoms with Gasteiger partial charge in [0, 0.05) is 5.56 Å². The minimum atomic E-state index is 0.399. The summed E-state index contributed by atoms with van der Waals surface area (Å²) < 4.78 is 5.74. The van der Waals surface area contributed by atoms with Crippen LogP contribution in [0.25, 0.3) is 11.3 Å². The molecule has 86 valence electrons. The number of ether oxygens (including phenoxy) is 1. The van der Waals surface area contributed by atoms with Crippen molar-refractivity contribution in [3.63, 3.8) is 0 Å². The predicted molar refractivity (Wildman–Crippen MR) is 66.1 cm³/mol. The molecular formula is C13H11ClN2O. The molecule has 1 fully saturated rings. The SMILES string of the molecule is Clc1cncc(-c2cccc(OC3CC3)c2)n1. The van der Waals surface area contributed by atoms with Gasteiger partial charge in [-0.1, -0.05) is 23.7 Å². The van der Waals surface area contributed by atoms with Gasteiger partial charge in [0.05, 0.1) is 24.2 Å². The first kappa shape index (κ1) is 10.5. The highest BCUT2D eigenvalue weighted by atomic mass is 35.5. The number of aromatic nitrogens is 2. The highest BCUT2D eigenvalue weighted by molar-refractivity contribution is 6.29. The average Bonchev–Trinajstić information content (AvgIpc) is 3.13. The van der Waals surface area contributed by atoms with Crippen LogP contribution >= 0.6 is 11.6 Å². The Balaban J connectivity index is 1.91. The number of halogens is 1. The summed E-state index contributed by atoms with van der Waals surface area (Å²) in [7, 11) is 0. The van der Waals surface area contributed by atoms with E-state index in [-0.39, 0.29) is 0 Å². The van der Waals surface area contributed by atoms with E-state index in [4.69, 9.17) is 16.3 Å². The molecule has 1 aliphatic rings. The van der Waals surface area contributed by atoms with Crippen LogP contribution in [0.5, 0.6) is 5.75 Å². The summed E-state index contributed by atoms with van der Waals surface area (Å²) >= 11 is 5.82. The zero-order chi connectivity index (χ0) is 11.7. The molecule has 0 atom stereocenters. The zero-order valence-corrected chi connectivity index (χ0v) is 9.89. The van der Waals surface area contributed by atoms with Crippen LogP contribution in [0.4, 0.5) is 0 Å². The van der Waals surface area contributed by atoms with E-state index in [9.17, 15) is 0 Å². The molecule has 0 amide bonds. The first-order valence-electron chi connectivity index (χ1n) is 5.56. The molecule has 1 aliphatic carbocycles. The summed E-state index contributed by atoms with van der Waals surface area (Å²) in [4.78, 5) is 8.25. The van der Waals surface area contributed by atoms with Crippen molar-refractivity contribution in [1.82, 2.24) is 9.97 Å². The standard InChI is InChI=1S/C13H11ClN2O/c14-13-8-15-7-12(16-13)9-2-1-3-11(6-9)17-10-4-5-10/h1-3,6-8,10H,4-5H2. The topological polar surface area (TPSA) is 35.0 Å². The molecule has 0 spiro atoms. The van der Waals surface area contributed by atoms with Gasteiger partial charge in [-0.3, -0.25) is 4.98 Å². The molecule has 0 aliphatic heterocycles. The predicted octanol–water partition coefficient (Wildman–Crippen LogP) is 3.34. The fourth-order valence-electron chi connectivity index (χ4n) is 1.59. The first-order chi connectivity index (χ1) is 8.31. The summed E-state index contributed by atoms with van der Waals surface area (Å²) in [5, 5.41) is 0.399. The Labute approximate surface area is 104 Å². The Kier molecular flexibility index (Phi) is 2.69. The van der Waals surface area contributed by atoms with Crippen LogP contribution in [-0.4, -0.2) is 16.1 Å². The number of rotatable bonds is 3. The monoisotopic (exact) mass is 246 g/mol. The van der Waals surface area contributed by atoms with Crippen molar-refractivity contribution in [2.75, 3.05) is 0 Å². The van der Waals surface area contributed by atoms with Crippen LogP contribution in [0.3, 0.4) is 0 Å². The van der Waals surface area contributed by atoms with Gasteiger partial charge in [0.15, 0.2) is 0 Å². The van der Waals surface area contributed by atoms with Crippen LogP contribution in [0.15, 0.2) is 36.7 Å². The molecular weight excluding hydrogens is 236 g/mol. The maximum absolute atomic E-state index is 5.82. The van der Waals surface area contributed by atoms with Gasteiger partial charge in [-0.25, -0.2) is 4.98 Å². The van der Waals surface area contributed by atoms with E-state index < -0.39 is 0 Å². The molecule has 3 nitrogen and oxygen atoms in total. The lowest BCUT2D eigenvalue weighted by molar-refractivity contribution is 0.303. The Morgan fingerprint density at radius 1 is 1.24 bits per heavy atom. The lowest BCUT2D eigenvalue weighted by atomic mass is 10.1. The maximum Gasteiger partial charge on any atom is 0.148 e. The number of hydrogen-bond donors (Lipinski definition) is 0. The number of nitrogens with zero attached hydrogens (tertiary/aromatic N) is 2. The van der Waals surface area contributed by atoms with Crippen molar-refractivity contribution in [3.8, 4) is 17.0 Å². The van der Waals surface area contributed by atoms with Crippen LogP contribution in [0, 0.1) is 0 Å².